The number of rotatable bonds is 7. The lowest BCUT2D eigenvalue weighted by molar-refractivity contribution is 0.321. The third kappa shape index (κ3) is 4.57. The second-order valence-electron chi connectivity index (χ2n) is 4.97. The SMILES string of the molecule is CCCc1nc(CCOc2ccc(C)cc2)sc1CC#N. The Balaban J connectivity index is 1.92. The van der Waals surface area contributed by atoms with Gasteiger partial charge in [0.2, 0.25) is 0 Å². The molecule has 0 aliphatic heterocycles. The lowest BCUT2D eigenvalue weighted by atomic mass is 10.2. The minimum Gasteiger partial charge on any atom is -0.493 e. The summed E-state index contributed by atoms with van der Waals surface area (Å²) in [7, 11) is 0. The molecule has 0 unspecified atom stereocenters. The van der Waals surface area contributed by atoms with E-state index >= 15 is 0 Å². The fraction of sp³-hybridized carbons (Fsp3) is 0.412. The fourth-order valence-electron chi connectivity index (χ4n) is 2.08. The summed E-state index contributed by atoms with van der Waals surface area (Å²) in [6.07, 6.45) is 3.26. The number of aryl methyl sites for hydroxylation is 2. The predicted octanol–water partition coefficient (Wildman–Crippen LogP) is 4.09. The van der Waals surface area contributed by atoms with Crippen molar-refractivity contribution in [3.63, 3.8) is 0 Å². The summed E-state index contributed by atoms with van der Waals surface area (Å²) in [5.41, 5.74) is 2.32. The lowest BCUT2D eigenvalue weighted by Gasteiger charge is -2.04. The molecule has 21 heavy (non-hydrogen) atoms. The van der Waals surface area contributed by atoms with Crippen LogP contribution in [-0.4, -0.2) is 11.6 Å². The summed E-state index contributed by atoms with van der Waals surface area (Å²) in [6.45, 7) is 4.81. The molecule has 0 aliphatic rings. The molecule has 0 N–H and O–H groups in total. The van der Waals surface area contributed by atoms with Crippen molar-refractivity contribution in [1.29, 1.82) is 5.26 Å². The van der Waals surface area contributed by atoms with Gasteiger partial charge in [-0.05, 0) is 25.5 Å². The maximum Gasteiger partial charge on any atom is 0.119 e. The van der Waals surface area contributed by atoms with E-state index in [4.69, 9.17) is 10.00 Å². The first-order chi connectivity index (χ1) is 10.2. The first-order valence-electron chi connectivity index (χ1n) is 7.26. The number of aromatic nitrogens is 1. The first kappa shape index (κ1) is 15.5. The lowest BCUT2D eigenvalue weighted by Crippen LogP contribution is -2.01. The predicted molar refractivity (Wildman–Crippen MR) is 85.8 cm³/mol. The Morgan fingerprint density at radius 2 is 2.00 bits per heavy atom. The van der Waals surface area contributed by atoms with Crippen molar-refractivity contribution < 1.29 is 4.74 Å². The van der Waals surface area contributed by atoms with E-state index in [1.807, 2.05) is 24.3 Å². The van der Waals surface area contributed by atoms with Crippen LogP contribution in [0.15, 0.2) is 24.3 Å². The van der Waals surface area contributed by atoms with Gasteiger partial charge in [0.25, 0.3) is 0 Å². The van der Waals surface area contributed by atoms with Crippen LogP contribution in [0.25, 0.3) is 0 Å². The Morgan fingerprint density at radius 3 is 2.67 bits per heavy atom. The molecular weight excluding hydrogens is 280 g/mol. The van der Waals surface area contributed by atoms with Gasteiger partial charge in [-0.15, -0.1) is 11.3 Å². The van der Waals surface area contributed by atoms with Gasteiger partial charge in [-0.1, -0.05) is 31.0 Å². The number of nitrogens with zero attached hydrogens (tertiary/aromatic N) is 2. The van der Waals surface area contributed by atoms with Crippen LogP contribution in [-0.2, 0) is 19.3 Å². The molecule has 0 saturated heterocycles. The van der Waals surface area contributed by atoms with Gasteiger partial charge in [0.05, 0.1) is 29.8 Å². The van der Waals surface area contributed by atoms with E-state index in [0.717, 1.165) is 40.6 Å². The number of benzene rings is 1. The number of ether oxygens (including phenoxy) is 1. The van der Waals surface area contributed by atoms with Crippen LogP contribution in [0.4, 0.5) is 0 Å². The zero-order valence-corrected chi connectivity index (χ0v) is 13.4. The molecule has 1 aromatic heterocycles. The Hall–Kier alpha value is -1.86. The Morgan fingerprint density at radius 1 is 1.24 bits per heavy atom. The van der Waals surface area contributed by atoms with Crippen LogP contribution >= 0.6 is 11.3 Å². The van der Waals surface area contributed by atoms with Gasteiger partial charge >= 0.3 is 0 Å². The fourth-order valence-corrected chi connectivity index (χ4v) is 3.10. The molecule has 0 atom stereocenters. The number of nitriles is 1. The van der Waals surface area contributed by atoms with Crippen LogP contribution in [0, 0.1) is 18.3 Å². The van der Waals surface area contributed by atoms with E-state index in [-0.39, 0.29) is 0 Å². The third-order valence-corrected chi connectivity index (χ3v) is 4.31. The number of thiazole rings is 1. The van der Waals surface area contributed by atoms with Gasteiger partial charge in [-0.2, -0.15) is 5.26 Å². The smallest absolute Gasteiger partial charge is 0.119 e. The van der Waals surface area contributed by atoms with E-state index in [2.05, 4.69) is 24.9 Å². The average Bonchev–Trinajstić information content (AvgIpc) is 2.84. The quantitative estimate of drug-likeness (QED) is 0.773. The van der Waals surface area contributed by atoms with Crippen molar-refractivity contribution in [2.45, 2.75) is 39.5 Å². The molecule has 2 rings (SSSR count). The zero-order chi connectivity index (χ0) is 15.1. The molecule has 0 saturated carbocycles. The Kier molecular flexibility index (Phi) is 5.77. The van der Waals surface area contributed by atoms with Gasteiger partial charge in [-0.25, -0.2) is 4.98 Å². The van der Waals surface area contributed by atoms with E-state index in [1.54, 1.807) is 11.3 Å². The summed E-state index contributed by atoms with van der Waals surface area (Å²) in [5, 5.41) is 9.94. The molecule has 3 nitrogen and oxygen atoms in total. The van der Waals surface area contributed by atoms with Crippen molar-refractivity contribution in [3.8, 4) is 11.8 Å². The summed E-state index contributed by atoms with van der Waals surface area (Å²) in [4.78, 5) is 5.77. The highest BCUT2D eigenvalue weighted by Crippen LogP contribution is 2.21. The maximum absolute atomic E-state index is 8.87. The van der Waals surface area contributed by atoms with Crippen LogP contribution in [0.5, 0.6) is 5.75 Å². The van der Waals surface area contributed by atoms with Gasteiger partial charge in [0, 0.05) is 11.3 Å². The summed E-state index contributed by atoms with van der Waals surface area (Å²) in [6, 6.07) is 10.3. The highest BCUT2D eigenvalue weighted by Gasteiger charge is 2.10. The first-order valence-corrected chi connectivity index (χ1v) is 8.08. The minimum atomic E-state index is 0.464. The molecule has 110 valence electrons. The van der Waals surface area contributed by atoms with Gasteiger partial charge in [-0.3, -0.25) is 0 Å². The van der Waals surface area contributed by atoms with E-state index in [0.29, 0.717) is 13.0 Å². The largest absolute Gasteiger partial charge is 0.493 e. The molecule has 0 bridgehead atoms. The minimum absolute atomic E-state index is 0.464. The van der Waals surface area contributed by atoms with Crippen molar-refractivity contribution in [2.24, 2.45) is 0 Å². The molecule has 0 spiro atoms. The van der Waals surface area contributed by atoms with E-state index in [1.165, 1.54) is 5.56 Å². The molecule has 0 aliphatic carbocycles. The third-order valence-electron chi connectivity index (χ3n) is 3.15. The molecule has 1 aromatic carbocycles. The standard InChI is InChI=1S/C17H20N2OS/c1-3-4-15-16(9-11-18)21-17(19-15)10-12-20-14-7-5-13(2)6-8-14/h5-8H,3-4,9-10,12H2,1-2H3. The highest BCUT2D eigenvalue weighted by atomic mass is 32.1. The van der Waals surface area contributed by atoms with Gasteiger partial charge < -0.3 is 4.74 Å². The maximum atomic E-state index is 8.87. The Bertz CT molecular complexity index is 611. The van der Waals surface area contributed by atoms with Crippen molar-refractivity contribution >= 4 is 11.3 Å². The topological polar surface area (TPSA) is 45.9 Å². The molecule has 0 fully saturated rings. The van der Waals surface area contributed by atoms with Crippen LogP contribution in [0.3, 0.4) is 0 Å². The second kappa shape index (κ2) is 7.80. The van der Waals surface area contributed by atoms with Crippen molar-refractivity contribution in [3.05, 3.63) is 45.4 Å². The average molecular weight is 300 g/mol. The zero-order valence-electron chi connectivity index (χ0n) is 12.6. The number of hydrogen-bond donors (Lipinski definition) is 0. The molecule has 2 aromatic rings. The molecule has 0 amide bonds. The molecule has 0 radical (unpaired) electrons. The molecular formula is C17H20N2OS. The Labute approximate surface area is 130 Å². The molecule has 1 heterocycles. The highest BCUT2D eigenvalue weighted by molar-refractivity contribution is 7.11. The summed E-state index contributed by atoms with van der Waals surface area (Å²) >= 11 is 1.65. The van der Waals surface area contributed by atoms with Crippen molar-refractivity contribution in [1.82, 2.24) is 4.98 Å². The molecule has 4 heteroatoms. The van der Waals surface area contributed by atoms with Gasteiger partial charge in [0.1, 0.15) is 5.75 Å². The summed E-state index contributed by atoms with van der Waals surface area (Å²) < 4.78 is 5.74. The monoisotopic (exact) mass is 300 g/mol. The normalized spacial score (nSPS) is 10.3. The number of hydrogen-bond acceptors (Lipinski definition) is 4. The summed E-state index contributed by atoms with van der Waals surface area (Å²) in [5.74, 6) is 0.892. The van der Waals surface area contributed by atoms with Crippen molar-refractivity contribution in [2.75, 3.05) is 6.61 Å². The van der Waals surface area contributed by atoms with E-state index in [9.17, 15) is 0 Å². The van der Waals surface area contributed by atoms with Crippen LogP contribution in [0.2, 0.25) is 0 Å². The van der Waals surface area contributed by atoms with Gasteiger partial charge in [0.15, 0.2) is 0 Å². The second-order valence-corrected chi connectivity index (χ2v) is 6.14. The van der Waals surface area contributed by atoms with Crippen LogP contribution in [0.1, 0.15) is 34.5 Å². The van der Waals surface area contributed by atoms with E-state index < -0.39 is 0 Å². The van der Waals surface area contributed by atoms with Crippen LogP contribution < -0.4 is 4.74 Å².